The van der Waals surface area contributed by atoms with E-state index in [1.54, 1.807) is 0 Å². The second kappa shape index (κ2) is 7.97. The van der Waals surface area contributed by atoms with Gasteiger partial charge in [0.2, 0.25) is 0 Å². The molecule has 0 unspecified atom stereocenters. The Labute approximate surface area is 215 Å². The maximum Gasteiger partial charge on any atom is 0.135 e. The molecule has 0 fully saturated rings. The Bertz CT molecular complexity index is 1850. The van der Waals surface area contributed by atoms with E-state index in [1.165, 1.54) is 49.4 Å². The van der Waals surface area contributed by atoms with Gasteiger partial charge in [-0.3, -0.25) is 0 Å². The lowest BCUT2D eigenvalue weighted by Gasteiger charge is -2.27. The first-order chi connectivity index (χ1) is 18.4. The molecule has 0 saturated carbocycles. The van der Waals surface area contributed by atoms with Gasteiger partial charge in [0.15, 0.2) is 0 Å². The van der Waals surface area contributed by atoms with Crippen molar-refractivity contribution in [2.24, 2.45) is 0 Å². The summed E-state index contributed by atoms with van der Waals surface area (Å²) in [6.45, 7) is 0. The number of ether oxygens (including phenoxy) is 2. The molecule has 2 heteroatoms. The first kappa shape index (κ1) is 20.6. The summed E-state index contributed by atoms with van der Waals surface area (Å²) in [5, 5.41) is 4.95. The van der Waals surface area contributed by atoms with E-state index in [0.717, 1.165) is 47.8 Å². The largest absolute Gasteiger partial charge is 0.457 e. The van der Waals surface area contributed by atoms with Crippen LogP contribution in [0.3, 0.4) is 0 Å². The predicted molar refractivity (Wildman–Crippen MR) is 151 cm³/mol. The van der Waals surface area contributed by atoms with Gasteiger partial charge in [0.25, 0.3) is 0 Å². The molecule has 2 nitrogen and oxygen atoms in total. The number of para-hydroxylation sites is 2. The molecule has 6 aromatic rings. The van der Waals surface area contributed by atoms with Crippen LogP contribution in [0.4, 0.5) is 0 Å². The van der Waals surface area contributed by atoms with Crippen molar-refractivity contribution in [3.8, 4) is 45.3 Å². The third kappa shape index (κ3) is 3.06. The molecule has 6 aromatic carbocycles. The van der Waals surface area contributed by atoms with Crippen molar-refractivity contribution in [3.63, 3.8) is 0 Å². The van der Waals surface area contributed by atoms with Gasteiger partial charge in [-0.1, -0.05) is 78.9 Å². The number of benzene rings is 6. The highest BCUT2D eigenvalue weighted by Gasteiger charge is 2.31. The minimum atomic E-state index is 0.845. The smallest absolute Gasteiger partial charge is 0.135 e. The molecule has 0 amide bonds. The fraction of sp³-hybridized carbons (Fsp3) is 0.0857. The lowest BCUT2D eigenvalue weighted by Crippen LogP contribution is -2.04. The SMILES string of the molecule is c1ccc(Oc2ccccc2-c2c3c(c4c5c(cccc25)Oc2ccc5ccccc5c2-4)CCC3)cc1. The van der Waals surface area contributed by atoms with Gasteiger partial charge in [0.1, 0.15) is 23.0 Å². The average molecular weight is 477 g/mol. The van der Waals surface area contributed by atoms with Crippen LogP contribution in [0.25, 0.3) is 43.8 Å². The second-order valence-electron chi connectivity index (χ2n) is 9.91. The van der Waals surface area contributed by atoms with Crippen molar-refractivity contribution < 1.29 is 9.47 Å². The van der Waals surface area contributed by atoms with Gasteiger partial charge in [-0.05, 0) is 82.4 Å². The highest BCUT2D eigenvalue weighted by Crippen LogP contribution is 2.56. The molecule has 1 aliphatic carbocycles. The van der Waals surface area contributed by atoms with E-state index in [9.17, 15) is 0 Å². The summed E-state index contributed by atoms with van der Waals surface area (Å²) in [4.78, 5) is 0. The molecular weight excluding hydrogens is 452 g/mol. The zero-order chi connectivity index (χ0) is 24.3. The minimum Gasteiger partial charge on any atom is -0.457 e. The quantitative estimate of drug-likeness (QED) is 0.253. The van der Waals surface area contributed by atoms with Gasteiger partial charge in [0.05, 0.1) is 0 Å². The highest BCUT2D eigenvalue weighted by atomic mass is 16.5. The monoisotopic (exact) mass is 476 g/mol. The first-order valence-corrected chi connectivity index (χ1v) is 13.0. The third-order valence-corrected chi connectivity index (χ3v) is 7.86. The van der Waals surface area contributed by atoms with E-state index in [4.69, 9.17) is 9.47 Å². The summed E-state index contributed by atoms with van der Waals surface area (Å²) in [6.07, 6.45) is 3.30. The Balaban J connectivity index is 1.46. The van der Waals surface area contributed by atoms with Crippen LogP contribution in [0, 0.1) is 0 Å². The fourth-order valence-corrected chi connectivity index (χ4v) is 6.37. The normalized spacial score (nSPS) is 13.3. The molecular formula is C35H24O2. The fourth-order valence-electron chi connectivity index (χ4n) is 6.37. The molecule has 2 aliphatic rings. The zero-order valence-corrected chi connectivity index (χ0v) is 20.3. The van der Waals surface area contributed by atoms with Crippen LogP contribution < -0.4 is 9.47 Å². The number of rotatable bonds is 3. The van der Waals surface area contributed by atoms with Crippen molar-refractivity contribution in [1.29, 1.82) is 0 Å². The summed E-state index contributed by atoms with van der Waals surface area (Å²) in [7, 11) is 0. The van der Waals surface area contributed by atoms with Crippen LogP contribution in [0.1, 0.15) is 17.5 Å². The summed E-state index contributed by atoms with van der Waals surface area (Å²) in [5.41, 5.74) is 7.93. The zero-order valence-electron chi connectivity index (χ0n) is 20.3. The van der Waals surface area contributed by atoms with E-state index in [-0.39, 0.29) is 0 Å². The van der Waals surface area contributed by atoms with E-state index >= 15 is 0 Å². The van der Waals surface area contributed by atoms with E-state index in [0.29, 0.717) is 0 Å². The van der Waals surface area contributed by atoms with E-state index in [2.05, 4.69) is 78.9 Å². The van der Waals surface area contributed by atoms with E-state index in [1.807, 2.05) is 30.3 Å². The predicted octanol–water partition coefficient (Wildman–Crippen LogP) is 9.71. The Morgan fingerprint density at radius 3 is 2.22 bits per heavy atom. The Hall–Kier alpha value is -4.56. The second-order valence-corrected chi connectivity index (χ2v) is 9.91. The average Bonchev–Trinajstić information content (AvgIpc) is 3.44. The molecule has 176 valence electrons. The topological polar surface area (TPSA) is 18.5 Å². The Kier molecular flexibility index (Phi) is 4.44. The molecule has 1 aliphatic heterocycles. The Morgan fingerprint density at radius 2 is 1.30 bits per heavy atom. The highest BCUT2D eigenvalue weighted by molar-refractivity contribution is 6.17. The van der Waals surface area contributed by atoms with Gasteiger partial charge in [-0.2, -0.15) is 0 Å². The van der Waals surface area contributed by atoms with Crippen molar-refractivity contribution >= 4 is 21.5 Å². The van der Waals surface area contributed by atoms with Gasteiger partial charge in [0, 0.05) is 22.1 Å². The van der Waals surface area contributed by atoms with Crippen molar-refractivity contribution in [3.05, 3.63) is 120 Å². The van der Waals surface area contributed by atoms with Crippen LogP contribution >= 0.6 is 0 Å². The van der Waals surface area contributed by atoms with Crippen molar-refractivity contribution in [1.82, 2.24) is 0 Å². The van der Waals surface area contributed by atoms with Crippen LogP contribution in [0.15, 0.2) is 109 Å². The molecule has 1 heterocycles. The number of fused-ring (bicyclic) bond motifs is 6. The summed E-state index contributed by atoms with van der Waals surface area (Å²) in [5.74, 6) is 3.62. The minimum absolute atomic E-state index is 0.845. The van der Waals surface area contributed by atoms with Gasteiger partial charge in [-0.15, -0.1) is 0 Å². The third-order valence-electron chi connectivity index (χ3n) is 7.86. The molecule has 0 atom stereocenters. The van der Waals surface area contributed by atoms with Gasteiger partial charge >= 0.3 is 0 Å². The standard InChI is InChI=1S/C35H24O2/c1-2-11-23(12-3-1)36-29-18-7-6-14-27(29)32-25-15-8-16-26(25)35-33-24-13-5-4-10-22(24)20-21-31(33)37-30-19-9-17-28(32)34(30)35/h1-7,9-14,17-21H,8,15-16H2. The Morgan fingerprint density at radius 1 is 0.541 bits per heavy atom. The molecule has 0 bridgehead atoms. The lowest BCUT2D eigenvalue weighted by atomic mass is 9.82. The maximum absolute atomic E-state index is 6.60. The van der Waals surface area contributed by atoms with Crippen LogP contribution in [-0.4, -0.2) is 0 Å². The molecule has 0 radical (unpaired) electrons. The number of hydrogen-bond acceptors (Lipinski definition) is 2. The van der Waals surface area contributed by atoms with Crippen molar-refractivity contribution in [2.45, 2.75) is 19.3 Å². The molecule has 0 aromatic heterocycles. The van der Waals surface area contributed by atoms with Crippen LogP contribution in [0.2, 0.25) is 0 Å². The molecule has 0 spiro atoms. The first-order valence-electron chi connectivity index (χ1n) is 13.0. The van der Waals surface area contributed by atoms with Crippen LogP contribution in [-0.2, 0) is 12.8 Å². The van der Waals surface area contributed by atoms with E-state index < -0.39 is 0 Å². The molecule has 0 N–H and O–H groups in total. The summed E-state index contributed by atoms with van der Waals surface area (Å²) < 4.78 is 13.1. The maximum atomic E-state index is 6.60. The molecule has 0 saturated heterocycles. The lowest BCUT2D eigenvalue weighted by molar-refractivity contribution is 0.484. The summed E-state index contributed by atoms with van der Waals surface area (Å²) in [6, 6.07) is 38.0. The van der Waals surface area contributed by atoms with Crippen LogP contribution in [0.5, 0.6) is 23.0 Å². The molecule has 37 heavy (non-hydrogen) atoms. The molecule has 8 rings (SSSR count). The van der Waals surface area contributed by atoms with Gasteiger partial charge < -0.3 is 9.47 Å². The number of hydrogen-bond donors (Lipinski definition) is 0. The van der Waals surface area contributed by atoms with Gasteiger partial charge in [-0.25, -0.2) is 0 Å². The van der Waals surface area contributed by atoms with Crippen molar-refractivity contribution in [2.75, 3.05) is 0 Å². The summed E-state index contributed by atoms with van der Waals surface area (Å²) >= 11 is 0.